The third kappa shape index (κ3) is 5.02. The minimum atomic E-state index is -4.32. The summed E-state index contributed by atoms with van der Waals surface area (Å²) >= 11 is 0. The predicted octanol–water partition coefficient (Wildman–Crippen LogP) is 4.46. The van der Waals surface area contributed by atoms with Crippen molar-refractivity contribution in [2.45, 2.75) is 25.9 Å². The van der Waals surface area contributed by atoms with Crippen molar-refractivity contribution in [2.24, 2.45) is 7.05 Å². The topological polar surface area (TPSA) is 104 Å². The van der Waals surface area contributed by atoms with Crippen LogP contribution >= 0.6 is 7.60 Å². The van der Waals surface area contributed by atoms with Crippen molar-refractivity contribution in [3.63, 3.8) is 0 Å². The van der Waals surface area contributed by atoms with Crippen molar-refractivity contribution >= 4 is 25.3 Å². The van der Waals surface area contributed by atoms with Crippen LogP contribution in [0, 0.1) is 6.92 Å². The van der Waals surface area contributed by atoms with E-state index in [-0.39, 0.29) is 5.91 Å². The van der Waals surface area contributed by atoms with Gasteiger partial charge in [0.15, 0.2) is 0 Å². The lowest BCUT2D eigenvalue weighted by Crippen LogP contribution is -2.17. The highest BCUT2D eigenvalue weighted by Crippen LogP contribution is 2.56. The Bertz CT molecular complexity index is 1160. The molecule has 0 aliphatic rings. The lowest BCUT2D eigenvalue weighted by molar-refractivity contribution is -0.111. The normalized spacial score (nSPS) is 12.3. The number of aromatic nitrogens is 2. The Hall–Kier alpha value is -2.99. The Balaban J connectivity index is 1.74. The number of anilines is 1. The number of nitrogens with zero attached hydrogens (tertiary/aromatic N) is 2. The molecule has 3 rings (SSSR count). The first-order valence-corrected chi connectivity index (χ1v) is 11.3. The second-order valence-electron chi connectivity index (χ2n) is 7.94. The number of rotatable bonds is 6. The molecule has 1 aromatic heterocycles. The van der Waals surface area contributed by atoms with Gasteiger partial charge in [-0.15, -0.1) is 0 Å². The first-order chi connectivity index (χ1) is 14.5. The van der Waals surface area contributed by atoms with Gasteiger partial charge in [0, 0.05) is 29.9 Å². The molecular weight excluding hydrogens is 413 g/mol. The van der Waals surface area contributed by atoms with Crippen molar-refractivity contribution in [2.75, 3.05) is 5.32 Å². The third-order valence-corrected chi connectivity index (χ3v) is 7.01. The average molecular weight is 439 g/mol. The molecule has 1 heterocycles. The van der Waals surface area contributed by atoms with Crippen LogP contribution in [-0.2, 0) is 21.6 Å². The smallest absolute Gasteiger partial charge is 0.324 e. The number of amides is 1. The van der Waals surface area contributed by atoms with Crippen molar-refractivity contribution in [3.05, 3.63) is 77.5 Å². The summed E-state index contributed by atoms with van der Waals surface area (Å²) in [5.41, 5.74) is 4.93. The van der Waals surface area contributed by atoms with Crippen molar-refractivity contribution in [1.82, 2.24) is 9.78 Å². The van der Waals surface area contributed by atoms with Gasteiger partial charge in [-0.25, -0.2) is 0 Å². The maximum absolute atomic E-state index is 12.4. The van der Waals surface area contributed by atoms with Gasteiger partial charge in [0.2, 0.25) is 5.91 Å². The van der Waals surface area contributed by atoms with E-state index < -0.39 is 12.8 Å². The Morgan fingerprint density at radius 3 is 2.29 bits per heavy atom. The number of nitrogens with one attached hydrogen (secondary N) is 1. The van der Waals surface area contributed by atoms with Gasteiger partial charge in [-0.1, -0.05) is 42.0 Å². The number of carbonyl (C=O) groups excluding carboxylic acids is 1. The van der Waals surface area contributed by atoms with Crippen LogP contribution in [0.3, 0.4) is 0 Å². The fraction of sp³-hybridized carbons (Fsp3) is 0.217. The van der Waals surface area contributed by atoms with Gasteiger partial charge >= 0.3 is 7.60 Å². The Morgan fingerprint density at radius 1 is 1.10 bits per heavy atom. The second kappa shape index (κ2) is 8.63. The van der Waals surface area contributed by atoms with Crippen molar-refractivity contribution < 1.29 is 19.1 Å². The minimum absolute atomic E-state index is 0.319. The predicted molar refractivity (Wildman–Crippen MR) is 123 cm³/mol. The van der Waals surface area contributed by atoms with Gasteiger partial charge in [0.25, 0.3) is 0 Å². The van der Waals surface area contributed by atoms with Crippen LogP contribution in [0.15, 0.2) is 60.8 Å². The van der Waals surface area contributed by atoms with E-state index in [0.29, 0.717) is 11.3 Å². The van der Waals surface area contributed by atoms with E-state index in [1.165, 1.54) is 19.9 Å². The fourth-order valence-electron chi connectivity index (χ4n) is 3.12. The molecule has 0 radical (unpaired) electrons. The standard InChI is InChI=1S/C23H26N3O4P/c1-16-5-7-17(8-6-16)22-18(15-24-26(22)4)9-14-21(27)25-20-12-10-19(11-13-20)23(2,3)31(28,29)30/h5-15H,1-4H3,(H,25,27)(H2,28,29,30). The van der Waals surface area contributed by atoms with Gasteiger partial charge in [0.1, 0.15) is 0 Å². The number of hydrogen-bond donors (Lipinski definition) is 3. The number of carbonyl (C=O) groups is 1. The Labute approximate surface area is 181 Å². The van der Waals surface area contributed by atoms with E-state index in [0.717, 1.165) is 22.4 Å². The van der Waals surface area contributed by atoms with Gasteiger partial charge < -0.3 is 15.1 Å². The molecule has 0 unspecified atom stereocenters. The molecule has 0 spiro atoms. The van der Waals surface area contributed by atoms with Gasteiger partial charge in [-0.2, -0.15) is 5.10 Å². The van der Waals surface area contributed by atoms with Gasteiger partial charge in [-0.3, -0.25) is 14.0 Å². The van der Waals surface area contributed by atoms with Crippen LogP contribution in [-0.4, -0.2) is 25.5 Å². The lowest BCUT2D eigenvalue weighted by Gasteiger charge is -2.26. The SMILES string of the molecule is Cc1ccc(-c2c(C=CC(=O)Nc3ccc(C(C)(C)P(=O)(O)O)cc3)cnn2C)cc1. The van der Waals surface area contributed by atoms with Gasteiger partial charge in [0.05, 0.1) is 17.0 Å². The largest absolute Gasteiger partial charge is 0.335 e. The molecule has 3 N–H and O–H groups in total. The minimum Gasteiger partial charge on any atom is -0.324 e. The molecule has 0 saturated heterocycles. The molecule has 8 heteroatoms. The zero-order valence-corrected chi connectivity index (χ0v) is 18.8. The van der Waals surface area contributed by atoms with E-state index in [4.69, 9.17) is 0 Å². The van der Waals surface area contributed by atoms with Crippen LogP contribution in [0.1, 0.15) is 30.5 Å². The highest BCUT2D eigenvalue weighted by molar-refractivity contribution is 7.53. The van der Waals surface area contributed by atoms with Crippen LogP contribution < -0.4 is 5.32 Å². The summed E-state index contributed by atoms with van der Waals surface area (Å²) in [7, 11) is -2.46. The van der Waals surface area contributed by atoms with Crippen LogP contribution in [0.4, 0.5) is 5.69 Å². The zero-order chi connectivity index (χ0) is 22.8. The van der Waals surface area contributed by atoms with E-state index in [1.54, 1.807) is 41.2 Å². The molecule has 0 atom stereocenters. The summed E-state index contributed by atoms with van der Waals surface area (Å²) in [6.45, 7) is 5.01. The summed E-state index contributed by atoms with van der Waals surface area (Å²) in [4.78, 5) is 31.5. The fourth-order valence-corrected chi connectivity index (χ4v) is 3.61. The molecule has 3 aromatic rings. The van der Waals surface area contributed by atoms with Crippen molar-refractivity contribution in [3.8, 4) is 11.3 Å². The van der Waals surface area contributed by atoms with E-state index >= 15 is 0 Å². The van der Waals surface area contributed by atoms with Crippen LogP contribution in [0.25, 0.3) is 17.3 Å². The maximum atomic E-state index is 12.4. The first-order valence-electron chi connectivity index (χ1n) is 9.73. The summed E-state index contributed by atoms with van der Waals surface area (Å²) < 4.78 is 13.5. The summed E-state index contributed by atoms with van der Waals surface area (Å²) in [6.07, 6.45) is 4.85. The van der Waals surface area contributed by atoms with Crippen LogP contribution in [0.5, 0.6) is 0 Å². The molecule has 162 valence electrons. The van der Waals surface area contributed by atoms with E-state index in [9.17, 15) is 19.1 Å². The zero-order valence-electron chi connectivity index (χ0n) is 17.9. The molecule has 7 nitrogen and oxygen atoms in total. The van der Waals surface area contributed by atoms with E-state index in [2.05, 4.69) is 10.4 Å². The molecule has 1 amide bonds. The molecule has 0 saturated carbocycles. The summed E-state index contributed by atoms with van der Waals surface area (Å²) in [5.74, 6) is -0.319. The summed E-state index contributed by atoms with van der Waals surface area (Å²) in [6, 6.07) is 14.6. The van der Waals surface area contributed by atoms with Crippen molar-refractivity contribution in [1.29, 1.82) is 0 Å². The second-order valence-corrected chi connectivity index (χ2v) is 10.1. The average Bonchev–Trinajstić information content (AvgIpc) is 3.07. The van der Waals surface area contributed by atoms with Crippen LogP contribution in [0.2, 0.25) is 0 Å². The maximum Gasteiger partial charge on any atom is 0.335 e. The molecule has 0 aliphatic heterocycles. The number of hydrogen-bond acceptors (Lipinski definition) is 3. The number of benzene rings is 2. The van der Waals surface area contributed by atoms with E-state index in [1.807, 2.05) is 38.2 Å². The molecule has 0 bridgehead atoms. The highest BCUT2D eigenvalue weighted by Gasteiger charge is 2.39. The number of aryl methyl sites for hydroxylation is 2. The Kier molecular flexibility index (Phi) is 6.32. The molecule has 31 heavy (non-hydrogen) atoms. The summed E-state index contributed by atoms with van der Waals surface area (Å²) in [5, 5.41) is 5.75. The molecular formula is C23H26N3O4P. The lowest BCUT2D eigenvalue weighted by atomic mass is 10.0. The monoisotopic (exact) mass is 439 g/mol. The third-order valence-electron chi connectivity index (χ3n) is 5.29. The molecule has 0 aliphatic carbocycles. The van der Waals surface area contributed by atoms with Gasteiger partial charge in [-0.05, 0) is 44.5 Å². The first kappa shape index (κ1) is 22.7. The Morgan fingerprint density at radius 2 is 1.71 bits per heavy atom. The quantitative estimate of drug-likeness (QED) is 0.389. The molecule has 0 fully saturated rings. The highest BCUT2D eigenvalue weighted by atomic mass is 31.2. The molecule has 2 aromatic carbocycles.